The number of nitrogens with zero attached hydrogens (tertiary/aromatic N) is 1. The van der Waals surface area contributed by atoms with Crippen molar-refractivity contribution in [1.29, 1.82) is 0 Å². The minimum absolute atomic E-state index is 0.590. The summed E-state index contributed by atoms with van der Waals surface area (Å²) in [5.74, 6) is 1.64. The SMILES string of the molecule is Nc1cccc(C2CCCN(Cc3ccco3)C2)c1. The van der Waals surface area contributed by atoms with Gasteiger partial charge in [0.05, 0.1) is 12.8 Å². The van der Waals surface area contributed by atoms with Crippen molar-refractivity contribution in [2.24, 2.45) is 0 Å². The van der Waals surface area contributed by atoms with Crippen molar-refractivity contribution in [3.63, 3.8) is 0 Å². The summed E-state index contributed by atoms with van der Waals surface area (Å²) >= 11 is 0. The van der Waals surface area contributed by atoms with Crippen LogP contribution in [-0.2, 0) is 6.54 Å². The molecular formula is C16H20N2O. The van der Waals surface area contributed by atoms with Crippen molar-refractivity contribution in [2.75, 3.05) is 18.8 Å². The van der Waals surface area contributed by atoms with E-state index in [1.165, 1.54) is 18.4 Å². The van der Waals surface area contributed by atoms with Crippen LogP contribution in [0.3, 0.4) is 0 Å². The topological polar surface area (TPSA) is 42.4 Å². The maximum Gasteiger partial charge on any atom is 0.117 e. The summed E-state index contributed by atoms with van der Waals surface area (Å²) in [5, 5.41) is 0. The number of furan rings is 1. The summed E-state index contributed by atoms with van der Waals surface area (Å²) in [6.45, 7) is 3.15. The lowest BCUT2D eigenvalue weighted by Crippen LogP contribution is -2.33. The molecule has 3 heteroatoms. The van der Waals surface area contributed by atoms with Crippen LogP contribution >= 0.6 is 0 Å². The predicted molar refractivity (Wildman–Crippen MR) is 76.8 cm³/mol. The first-order chi connectivity index (χ1) is 9.31. The Kier molecular flexibility index (Phi) is 3.56. The lowest BCUT2D eigenvalue weighted by Gasteiger charge is -2.32. The molecule has 0 bridgehead atoms. The van der Waals surface area contributed by atoms with Crippen molar-refractivity contribution in [3.05, 3.63) is 54.0 Å². The van der Waals surface area contributed by atoms with Gasteiger partial charge in [0.25, 0.3) is 0 Å². The van der Waals surface area contributed by atoms with E-state index in [-0.39, 0.29) is 0 Å². The van der Waals surface area contributed by atoms with E-state index in [0.29, 0.717) is 5.92 Å². The molecular weight excluding hydrogens is 236 g/mol. The molecule has 3 rings (SSSR count). The molecule has 1 aliphatic rings. The van der Waals surface area contributed by atoms with E-state index in [0.717, 1.165) is 31.1 Å². The zero-order chi connectivity index (χ0) is 13.1. The molecule has 0 amide bonds. The highest BCUT2D eigenvalue weighted by Gasteiger charge is 2.21. The highest BCUT2D eigenvalue weighted by atomic mass is 16.3. The van der Waals surface area contributed by atoms with E-state index in [1.807, 2.05) is 18.2 Å². The average Bonchev–Trinajstić information content (AvgIpc) is 2.92. The second kappa shape index (κ2) is 5.49. The summed E-state index contributed by atoms with van der Waals surface area (Å²) in [7, 11) is 0. The molecule has 2 N–H and O–H groups in total. The zero-order valence-corrected chi connectivity index (χ0v) is 11.1. The third kappa shape index (κ3) is 2.99. The lowest BCUT2D eigenvalue weighted by molar-refractivity contribution is 0.187. The number of piperidine rings is 1. The van der Waals surface area contributed by atoms with Crippen LogP contribution in [0.4, 0.5) is 5.69 Å². The fraction of sp³-hybridized carbons (Fsp3) is 0.375. The van der Waals surface area contributed by atoms with E-state index < -0.39 is 0 Å². The van der Waals surface area contributed by atoms with Crippen LogP contribution in [0.25, 0.3) is 0 Å². The summed E-state index contributed by atoms with van der Waals surface area (Å²) in [4.78, 5) is 2.47. The molecule has 1 atom stereocenters. The van der Waals surface area contributed by atoms with Crippen LogP contribution < -0.4 is 5.73 Å². The monoisotopic (exact) mass is 256 g/mol. The third-order valence-corrected chi connectivity index (χ3v) is 3.85. The van der Waals surface area contributed by atoms with Gasteiger partial charge in [-0.25, -0.2) is 0 Å². The molecule has 1 unspecified atom stereocenters. The van der Waals surface area contributed by atoms with Crippen LogP contribution in [-0.4, -0.2) is 18.0 Å². The molecule has 0 aliphatic carbocycles. The molecule has 2 aromatic rings. The van der Waals surface area contributed by atoms with Crippen LogP contribution in [0, 0.1) is 0 Å². The molecule has 1 aromatic carbocycles. The van der Waals surface area contributed by atoms with Gasteiger partial charge in [0.15, 0.2) is 0 Å². The van der Waals surface area contributed by atoms with Gasteiger partial charge < -0.3 is 10.2 Å². The van der Waals surface area contributed by atoms with Gasteiger partial charge in [-0.2, -0.15) is 0 Å². The van der Waals surface area contributed by atoms with E-state index in [4.69, 9.17) is 10.2 Å². The molecule has 0 saturated carbocycles. The molecule has 2 heterocycles. The summed E-state index contributed by atoms with van der Waals surface area (Å²) in [6, 6.07) is 12.3. The number of anilines is 1. The lowest BCUT2D eigenvalue weighted by atomic mass is 9.90. The number of hydrogen-bond donors (Lipinski definition) is 1. The third-order valence-electron chi connectivity index (χ3n) is 3.85. The van der Waals surface area contributed by atoms with Gasteiger partial charge in [-0.3, -0.25) is 4.90 Å². The van der Waals surface area contributed by atoms with Gasteiger partial charge in [-0.15, -0.1) is 0 Å². The zero-order valence-electron chi connectivity index (χ0n) is 11.1. The summed E-state index contributed by atoms with van der Waals surface area (Å²) in [6.07, 6.45) is 4.23. The van der Waals surface area contributed by atoms with E-state index >= 15 is 0 Å². The Hall–Kier alpha value is -1.74. The standard InChI is InChI=1S/C16H20N2O/c17-15-6-1-4-13(10-15)14-5-2-8-18(11-14)12-16-7-3-9-19-16/h1,3-4,6-7,9-10,14H,2,5,8,11-12,17H2. The number of hydrogen-bond acceptors (Lipinski definition) is 3. The number of likely N-dealkylation sites (tertiary alicyclic amines) is 1. The summed E-state index contributed by atoms with van der Waals surface area (Å²) < 4.78 is 5.43. The fourth-order valence-corrected chi connectivity index (χ4v) is 2.91. The van der Waals surface area contributed by atoms with Crippen LogP contribution in [0.15, 0.2) is 47.1 Å². The Labute approximate surface area is 114 Å². The van der Waals surface area contributed by atoms with Crippen molar-refractivity contribution in [2.45, 2.75) is 25.3 Å². The van der Waals surface area contributed by atoms with Crippen LogP contribution in [0.5, 0.6) is 0 Å². The first-order valence-corrected chi connectivity index (χ1v) is 6.91. The Morgan fingerprint density at radius 3 is 3.00 bits per heavy atom. The quantitative estimate of drug-likeness (QED) is 0.857. The average molecular weight is 256 g/mol. The molecule has 1 aromatic heterocycles. The van der Waals surface area contributed by atoms with Gasteiger partial charge in [0.2, 0.25) is 0 Å². The molecule has 1 saturated heterocycles. The van der Waals surface area contributed by atoms with Gasteiger partial charge in [0.1, 0.15) is 5.76 Å². The van der Waals surface area contributed by atoms with Crippen LogP contribution in [0.1, 0.15) is 30.1 Å². The highest BCUT2D eigenvalue weighted by Crippen LogP contribution is 2.28. The fourth-order valence-electron chi connectivity index (χ4n) is 2.91. The number of nitrogens with two attached hydrogens (primary N) is 1. The van der Waals surface area contributed by atoms with Crippen LogP contribution in [0.2, 0.25) is 0 Å². The minimum atomic E-state index is 0.590. The van der Waals surface area contributed by atoms with Crippen molar-refractivity contribution < 1.29 is 4.42 Å². The maximum atomic E-state index is 5.88. The second-order valence-corrected chi connectivity index (χ2v) is 5.32. The van der Waals surface area contributed by atoms with E-state index in [1.54, 1.807) is 6.26 Å². The first-order valence-electron chi connectivity index (χ1n) is 6.91. The van der Waals surface area contributed by atoms with Gasteiger partial charge in [-0.05, 0) is 55.1 Å². The Morgan fingerprint density at radius 2 is 2.21 bits per heavy atom. The summed E-state index contributed by atoms with van der Waals surface area (Å²) in [5.41, 5.74) is 8.11. The molecule has 100 valence electrons. The normalized spacial score (nSPS) is 20.5. The predicted octanol–water partition coefficient (Wildman–Crippen LogP) is 3.24. The molecule has 0 radical (unpaired) electrons. The Morgan fingerprint density at radius 1 is 1.26 bits per heavy atom. The van der Waals surface area contributed by atoms with Crippen molar-refractivity contribution >= 4 is 5.69 Å². The smallest absolute Gasteiger partial charge is 0.117 e. The molecule has 19 heavy (non-hydrogen) atoms. The van der Waals surface area contributed by atoms with Gasteiger partial charge in [0, 0.05) is 12.2 Å². The van der Waals surface area contributed by atoms with Gasteiger partial charge in [-0.1, -0.05) is 12.1 Å². The maximum absolute atomic E-state index is 5.88. The van der Waals surface area contributed by atoms with E-state index in [2.05, 4.69) is 23.1 Å². The largest absolute Gasteiger partial charge is 0.468 e. The number of nitrogen functional groups attached to an aromatic ring is 1. The van der Waals surface area contributed by atoms with Gasteiger partial charge >= 0.3 is 0 Å². The Balaban J connectivity index is 1.67. The highest BCUT2D eigenvalue weighted by molar-refractivity contribution is 5.42. The molecule has 1 fully saturated rings. The molecule has 3 nitrogen and oxygen atoms in total. The van der Waals surface area contributed by atoms with Crippen molar-refractivity contribution in [1.82, 2.24) is 4.90 Å². The number of rotatable bonds is 3. The van der Waals surface area contributed by atoms with Crippen molar-refractivity contribution in [3.8, 4) is 0 Å². The molecule has 1 aliphatic heterocycles. The van der Waals surface area contributed by atoms with E-state index in [9.17, 15) is 0 Å². The number of benzene rings is 1. The molecule has 0 spiro atoms. The minimum Gasteiger partial charge on any atom is -0.468 e. The first kappa shape index (κ1) is 12.3. The Bertz CT molecular complexity index is 521. The second-order valence-electron chi connectivity index (χ2n) is 5.32.